The summed E-state index contributed by atoms with van der Waals surface area (Å²) in [4.78, 5) is 0. The Kier molecular flexibility index (Phi) is 5.04. The van der Waals surface area contributed by atoms with Crippen LogP contribution in [0.2, 0.25) is 0 Å². The van der Waals surface area contributed by atoms with E-state index in [-0.39, 0.29) is 0 Å². The minimum Gasteiger partial charge on any atom is -0.377 e. The Morgan fingerprint density at radius 1 is 1.50 bits per heavy atom. The van der Waals surface area contributed by atoms with Crippen molar-refractivity contribution in [3.05, 3.63) is 0 Å². The predicted octanol–water partition coefficient (Wildman–Crippen LogP) is 1.49. The molecule has 3 heteroatoms. The number of nitrogens with two attached hydrogens (primary N) is 1. The first-order chi connectivity index (χ1) is 5.88. The zero-order chi connectivity index (χ0) is 8.81. The molecule has 1 rings (SSSR count). The first-order valence-corrected chi connectivity index (χ1v) is 6.08. The number of hydrogen-bond donors (Lipinski definition) is 1. The molecule has 1 aliphatic rings. The van der Waals surface area contributed by atoms with Gasteiger partial charge in [0.05, 0.1) is 12.7 Å². The molecule has 1 aliphatic carbocycles. The van der Waals surface area contributed by atoms with E-state index in [0.717, 1.165) is 18.9 Å². The van der Waals surface area contributed by atoms with Crippen LogP contribution in [-0.4, -0.2) is 31.3 Å². The Labute approximate surface area is 79.2 Å². The molecule has 0 radical (unpaired) electrons. The van der Waals surface area contributed by atoms with Crippen molar-refractivity contribution in [3.63, 3.8) is 0 Å². The van der Waals surface area contributed by atoms with Crippen LogP contribution in [0.1, 0.15) is 19.3 Å². The molecule has 2 unspecified atom stereocenters. The molecular weight excluding hydrogens is 170 g/mol. The van der Waals surface area contributed by atoms with Crippen LogP contribution < -0.4 is 5.73 Å². The second-order valence-electron chi connectivity index (χ2n) is 3.33. The van der Waals surface area contributed by atoms with E-state index in [1.807, 2.05) is 11.8 Å². The third kappa shape index (κ3) is 2.96. The number of rotatable bonds is 5. The number of ether oxygens (including phenoxy) is 1. The second kappa shape index (κ2) is 5.84. The molecule has 0 aromatic carbocycles. The normalized spacial score (nSPS) is 29.5. The quantitative estimate of drug-likeness (QED) is 0.666. The van der Waals surface area contributed by atoms with Crippen LogP contribution in [0.5, 0.6) is 0 Å². The summed E-state index contributed by atoms with van der Waals surface area (Å²) in [6.07, 6.45) is 6.35. The summed E-state index contributed by atoms with van der Waals surface area (Å²) in [7, 11) is 0. The molecule has 1 fully saturated rings. The number of thioether (sulfide) groups is 1. The Morgan fingerprint density at radius 2 is 2.33 bits per heavy atom. The molecular formula is C9H19NOS. The summed E-state index contributed by atoms with van der Waals surface area (Å²) in [6.45, 7) is 1.69. The molecule has 0 aromatic heterocycles. The fourth-order valence-electron chi connectivity index (χ4n) is 1.77. The lowest BCUT2D eigenvalue weighted by Crippen LogP contribution is -2.26. The molecule has 72 valence electrons. The Balaban J connectivity index is 2.12. The first kappa shape index (κ1) is 10.4. The van der Waals surface area contributed by atoms with Gasteiger partial charge in [0.15, 0.2) is 0 Å². The van der Waals surface area contributed by atoms with Gasteiger partial charge < -0.3 is 10.5 Å². The molecule has 2 nitrogen and oxygen atoms in total. The van der Waals surface area contributed by atoms with Crippen molar-refractivity contribution in [1.29, 1.82) is 0 Å². The standard InChI is InChI=1S/C9H19NOS/c1-12-6-5-11-9-4-2-3-8(9)7-10/h8-9H,2-7,10H2,1H3. The molecule has 12 heavy (non-hydrogen) atoms. The molecule has 2 atom stereocenters. The van der Waals surface area contributed by atoms with E-state index >= 15 is 0 Å². The van der Waals surface area contributed by atoms with Gasteiger partial charge in [0.25, 0.3) is 0 Å². The van der Waals surface area contributed by atoms with Crippen molar-refractivity contribution in [3.8, 4) is 0 Å². The predicted molar refractivity (Wildman–Crippen MR) is 54.5 cm³/mol. The minimum absolute atomic E-state index is 0.460. The Morgan fingerprint density at radius 3 is 3.00 bits per heavy atom. The first-order valence-electron chi connectivity index (χ1n) is 4.69. The van der Waals surface area contributed by atoms with Crippen molar-refractivity contribution >= 4 is 11.8 Å². The fourth-order valence-corrected chi connectivity index (χ4v) is 2.04. The monoisotopic (exact) mass is 189 g/mol. The van der Waals surface area contributed by atoms with Crippen LogP contribution in [0.15, 0.2) is 0 Å². The minimum atomic E-state index is 0.460. The maximum atomic E-state index is 5.75. The van der Waals surface area contributed by atoms with Gasteiger partial charge >= 0.3 is 0 Å². The zero-order valence-electron chi connectivity index (χ0n) is 7.79. The highest BCUT2D eigenvalue weighted by molar-refractivity contribution is 7.98. The largest absolute Gasteiger partial charge is 0.377 e. The number of hydrogen-bond acceptors (Lipinski definition) is 3. The van der Waals surface area contributed by atoms with Crippen LogP contribution in [-0.2, 0) is 4.74 Å². The summed E-state index contributed by atoms with van der Waals surface area (Å²) < 4.78 is 5.75. The highest BCUT2D eigenvalue weighted by atomic mass is 32.2. The summed E-state index contributed by atoms with van der Waals surface area (Å²) in [5, 5.41) is 0. The maximum absolute atomic E-state index is 5.75. The van der Waals surface area contributed by atoms with Crippen LogP contribution >= 0.6 is 11.8 Å². The van der Waals surface area contributed by atoms with Crippen LogP contribution in [0.3, 0.4) is 0 Å². The van der Waals surface area contributed by atoms with E-state index in [1.54, 1.807) is 0 Å². The lowest BCUT2D eigenvalue weighted by atomic mass is 10.1. The van der Waals surface area contributed by atoms with Gasteiger partial charge in [-0.1, -0.05) is 6.42 Å². The lowest BCUT2D eigenvalue weighted by molar-refractivity contribution is 0.0405. The molecule has 0 bridgehead atoms. The topological polar surface area (TPSA) is 35.2 Å². The van der Waals surface area contributed by atoms with Crippen molar-refractivity contribution in [2.75, 3.05) is 25.2 Å². The fraction of sp³-hybridized carbons (Fsp3) is 1.00. The van der Waals surface area contributed by atoms with Gasteiger partial charge in [0, 0.05) is 5.75 Å². The average molecular weight is 189 g/mol. The molecule has 2 N–H and O–H groups in total. The molecule has 0 spiro atoms. The molecule has 0 saturated heterocycles. The van der Waals surface area contributed by atoms with E-state index in [0.29, 0.717) is 12.0 Å². The summed E-state index contributed by atoms with van der Waals surface area (Å²) in [6, 6.07) is 0. The van der Waals surface area contributed by atoms with Crippen molar-refractivity contribution in [2.45, 2.75) is 25.4 Å². The van der Waals surface area contributed by atoms with E-state index in [9.17, 15) is 0 Å². The maximum Gasteiger partial charge on any atom is 0.0615 e. The second-order valence-corrected chi connectivity index (χ2v) is 4.31. The Bertz CT molecular complexity index is 121. The van der Waals surface area contributed by atoms with E-state index in [1.165, 1.54) is 19.3 Å². The van der Waals surface area contributed by atoms with Gasteiger partial charge in [-0.2, -0.15) is 11.8 Å². The third-order valence-corrected chi connectivity index (χ3v) is 3.09. The zero-order valence-corrected chi connectivity index (χ0v) is 8.61. The molecule has 0 heterocycles. The average Bonchev–Trinajstić information content (AvgIpc) is 2.52. The van der Waals surface area contributed by atoms with Gasteiger partial charge in [-0.05, 0) is 31.6 Å². The van der Waals surface area contributed by atoms with Gasteiger partial charge in [-0.15, -0.1) is 0 Å². The smallest absolute Gasteiger partial charge is 0.0615 e. The van der Waals surface area contributed by atoms with Crippen LogP contribution in [0.25, 0.3) is 0 Å². The van der Waals surface area contributed by atoms with Gasteiger partial charge in [0.2, 0.25) is 0 Å². The van der Waals surface area contributed by atoms with E-state index in [2.05, 4.69) is 6.26 Å². The Hall–Kier alpha value is 0.270. The van der Waals surface area contributed by atoms with Gasteiger partial charge in [0.1, 0.15) is 0 Å². The van der Waals surface area contributed by atoms with E-state index in [4.69, 9.17) is 10.5 Å². The molecule has 1 saturated carbocycles. The van der Waals surface area contributed by atoms with Crippen LogP contribution in [0, 0.1) is 5.92 Å². The molecule has 0 aromatic rings. The lowest BCUT2D eigenvalue weighted by Gasteiger charge is -2.18. The summed E-state index contributed by atoms with van der Waals surface area (Å²) in [5.41, 5.74) is 5.64. The van der Waals surface area contributed by atoms with Crippen LogP contribution in [0.4, 0.5) is 0 Å². The highest BCUT2D eigenvalue weighted by Crippen LogP contribution is 2.27. The van der Waals surface area contributed by atoms with E-state index < -0.39 is 0 Å². The highest BCUT2D eigenvalue weighted by Gasteiger charge is 2.26. The van der Waals surface area contributed by atoms with Crippen molar-refractivity contribution in [2.24, 2.45) is 11.7 Å². The van der Waals surface area contributed by atoms with Gasteiger partial charge in [-0.3, -0.25) is 0 Å². The SMILES string of the molecule is CSCCOC1CCCC1CN. The third-order valence-electron chi connectivity index (χ3n) is 2.51. The summed E-state index contributed by atoms with van der Waals surface area (Å²) in [5.74, 6) is 1.74. The molecule has 0 aliphatic heterocycles. The van der Waals surface area contributed by atoms with Crippen molar-refractivity contribution in [1.82, 2.24) is 0 Å². The van der Waals surface area contributed by atoms with Crippen molar-refractivity contribution < 1.29 is 4.74 Å². The molecule has 0 amide bonds. The van der Waals surface area contributed by atoms with Gasteiger partial charge in [-0.25, -0.2) is 0 Å². The summed E-state index contributed by atoms with van der Waals surface area (Å²) >= 11 is 1.84.